The number of rotatable bonds is 5. The van der Waals surface area contributed by atoms with E-state index < -0.39 is 0 Å². The fourth-order valence-corrected chi connectivity index (χ4v) is 5.60. The number of thiophene rings is 1. The predicted octanol–water partition coefficient (Wildman–Crippen LogP) is 5.11. The van der Waals surface area contributed by atoms with E-state index in [2.05, 4.69) is 43.7 Å². The molecule has 0 N–H and O–H groups in total. The van der Waals surface area contributed by atoms with E-state index >= 15 is 0 Å². The Kier molecular flexibility index (Phi) is 6.06. The van der Waals surface area contributed by atoms with Gasteiger partial charge in [0, 0.05) is 11.6 Å². The number of hydrogen-bond acceptors (Lipinski definition) is 3. The third-order valence-corrected chi connectivity index (χ3v) is 6.14. The van der Waals surface area contributed by atoms with E-state index in [1.165, 1.54) is 32.1 Å². The predicted molar refractivity (Wildman–Crippen MR) is 88.2 cm³/mol. The molecule has 2 rings (SSSR count). The van der Waals surface area contributed by atoms with Crippen molar-refractivity contribution in [2.24, 2.45) is 0 Å². The SMILES string of the molecule is CCN(CC(=O)c1cc(Br)sc1Br)C1CCCCC1. The summed E-state index contributed by atoms with van der Waals surface area (Å²) < 4.78 is 1.94. The maximum absolute atomic E-state index is 12.4. The maximum atomic E-state index is 12.4. The van der Waals surface area contributed by atoms with Crippen molar-refractivity contribution in [3.63, 3.8) is 0 Å². The summed E-state index contributed by atoms with van der Waals surface area (Å²) in [4.78, 5) is 14.8. The molecule has 106 valence electrons. The van der Waals surface area contributed by atoms with Gasteiger partial charge in [-0.15, -0.1) is 11.3 Å². The maximum Gasteiger partial charge on any atom is 0.178 e. The van der Waals surface area contributed by atoms with Gasteiger partial charge in [-0.25, -0.2) is 0 Å². The number of hydrogen-bond donors (Lipinski definition) is 0. The first-order valence-corrected chi connectivity index (χ1v) is 9.24. The lowest BCUT2D eigenvalue weighted by Crippen LogP contribution is -2.40. The van der Waals surface area contributed by atoms with Crippen LogP contribution in [0.25, 0.3) is 0 Å². The lowest BCUT2D eigenvalue weighted by Gasteiger charge is -2.32. The number of ketones is 1. The van der Waals surface area contributed by atoms with Gasteiger partial charge in [0.15, 0.2) is 5.78 Å². The molecule has 1 aliphatic rings. The van der Waals surface area contributed by atoms with E-state index in [0.717, 1.165) is 19.7 Å². The average Bonchev–Trinajstić information content (AvgIpc) is 2.76. The van der Waals surface area contributed by atoms with Crippen LogP contribution < -0.4 is 0 Å². The van der Waals surface area contributed by atoms with Crippen LogP contribution in [0.3, 0.4) is 0 Å². The van der Waals surface area contributed by atoms with Crippen LogP contribution in [0.1, 0.15) is 49.4 Å². The van der Waals surface area contributed by atoms with Crippen LogP contribution in [-0.4, -0.2) is 29.8 Å². The highest BCUT2D eigenvalue weighted by atomic mass is 79.9. The fourth-order valence-electron chi connectivity index (χ4n) is 2.75. The molecule has 1 heterocycles. The normalized spacial score (nSPS) is 17.1. The van der Waals surface area contributed by atoms with Gasteiger partial charge >= 0.3 is 0 Å². The van der Waals surface area contributed by atoms with Gasteiger partial charge in [-0.3, -0.25) is 9.69 Å². The van der Waals surface area contributed by atoms with Gasteiger partial charge in [-0.1, -0.05) is 26.2 Å². The Bertz CT molecular complexity index is 441. The van der Waals surface area contributed by atoms with E-state index in [-0.39, 0.29) is 5.78 Å². The molecule has 1 fully saturated rings. The highest BCUT2D eigenvalue weighted by molar-refractivity contribution is 9.12. The fraction of sp³-hybridized carbons (Fsp3) is 0.643. The van der Waals surface area contributed by atoms with Crippen molar-refractivity contribution in [2.75, 3.05) is 13.1 Å². The van der Waals surface area contributed by atoms with Gasteiger partial charge < -0.3 is 0 Å². The summed E-state index contributed by atoms with van der Waals surface area (Å²) in [5.41, 5.74) is 0.811. The Morgan fingerprint density at radius 1 is 1.37 bits per heavy atom. The highest BCUT2D eigenvalue weighted by Crippen LogP contribution is 2.32. The zero-order valence-electron chi connectivity index (χ0n) is 11.1. The Balaban J connectivity index is 2.01. The Labute approximate surface area is 135 Å². The minimum atomic E-state index is 0.223. The molecule has 19 heavy (non-hydrogen) atoms. The molecule has 2 nitrogen and oxygen atoms in total. The minimum Gasteiger partial charge on any atom is -0.293 e. The molecule has 1 saturated carbocycles. The number of Topliss-reactive ketones (excluding diaryl/α,β-unsaturated/α-hetero) is 1. The lowest BCUT2D eigenvalue weighted by atomic mass is 9.94. The molecule has 1 aromatic rings. The molecule has 0 spiro atoms. The van der Waals surface area contributed by atoms with Gasteiger partial charge in [-0.2, -0.15) is 0 Å². The Morgan fingerprint density at radius 3 is 2.58 bits per heavy atom. The average molecular weight is 409 g/mol. The molecule has 0 aliphatic heterocycles. The van der Waals surface area contributed by atoms with Crippen molar-refractivity contribution in [2.45, 2.75) is 45.1 Å². The van der Waals surface area contributed by atoms with Crippen LogP contribution in [0.2, 0.25) is 0 Å². The van der Waals surface area contributed by atoms with E-state index in [4.69, 9.17) is 0 Å². The van der Waals surface area contributed by atoms with Crippen LogP contribution in [0.4, 0.5) is 0 Å². The minimum absolute atomic E-state index is 0.223. The van der Waals surface area contributed by atoms with Gasteiger partial charge in [0.2, 0.25) is 0 Å². The Morgan fingerprint density at radius 2 is 2.05 bits per heavy atom. The van der Waals surface area contributed by atoms with Crippen molar-refractivity contribution >= 4 is 49.0 Å². The van der Waals surface area contributed by atoms with Crippen LogP contribution >= 0.6 is 43.2 Å². The molecule has 5 heteroatoms. The van der Waals surface area contributed by atoms with Crippen molar-refractivity contribution in [3.05, 3.63) is 19.2 Å². The zero-order chi connectivity index (χ0) is 13.8. The second-order valence-electron chi connectivity index (χ2n) is 5.02. The molecule has 0 aromatic carbocycles. The van der Waals surface area contributed by atoms with Crippen molar-refractivity contribution in [1.82, 2.24) is 4.90 Å². The Hall–Kier alpha value is 0.290. The first-order chi connectivity index (χ1) is 9.11. The molecule has 0 amide bonds. The number of carbonyl (C=O) groups excluding carboxylic acids is 1. The summed E-state index contributed by atoms with van der Waals surface area (Å²) >= 11 is 8.47. The molecule has 0 saturated heterocycles. The largest absolute Gasteiger partial charge is 0.293 e. The van der Waals surface area contributed by atoms with Crippen molar-refractivity contribution < 1.29 is 4.79 Å². The number of nitrogens with zero attached hydrogens (tertiary/aromatic N) is 1. The van der Waals surface area contributed by atoms with Gasteiger partial charge in [0.1, 0.15) is 0 Å². The van der Waals surface area contributed by atoms with Gasteiger partial charge in [-0.05, 0) is 57.3 Å². The molecule has 0 bridgehead atoms. The first-order valence-electron chi connectivity index (χ1n) is 6.84. The number of likely N-dealkylation sites (N-methyl/N-ethyl adjacent to an activating group) is 1. The third kappa shape index (κ3) is 4.13. The van der Waals surface area contributed by atoms with Gasteiger partial charge in [0.05, 0.1) is 14.1 Å². The summed E-state index contributed by atoms with van der Waals surface area (Å²) in [5, 5.41) is 0. The molecular formula is C14H19Br2NOS. The van der Waals surface area contributed by atoms with Crippen LogP contribution in [-0.2, 0) is 0 Å². The number of halogens is 2. The van der Waals surface area contributed by atoms with Crippen LogP contribution in [0, 0.1) is 0 Å². The van der Waals surface area contributed by atoms with Crippen LogP contribution in [0.15, 0.2) is 13.6 Å². The first kappa shape index (κ1) is 15.7. The summed E-state index contributed by atoms with van der Waals surface area (Å²) in [5.74, 6) is 0.223. The molecular weight excluding hydrogens is 390 g/mol. The highest BCUT2D eigenvalue weighted by Gasteiger charge is 2.23. The summed E-state index contributed by atoms with van der Waals surface area (Å²) in [6.07, 6.45) is 6.46. The van der Waals surface area contributed by atoms with E-state index in [0.29, 0.717) is 12.6 Å². The van der Waals surface area contributed by atoms with E-state index in [1.54, 1.807) is 11.3 Å². The summed E-state index contributed by atoms with van der Waals surface area (Å²) in [6, 6.07) is 2.52. The molecule has 1 aliphatic carbocycles. The third-order valence-electron chi connectivity index (χ3n) is 3.80. The smallest absolute Gasteiger partial charge is 0.178 e. The van der Waals surface area contributed by atoms with Crippen molar-refractivity contribution in [3.8, 4) is 0 Å². The zero-order valence-corrected chi connectivity index (χ0v) is 15.1. The lowest BCUT2D eigenvalue weighted by molar-refractivity contribution is 0.0868. The van der Waals surface area contributed by atoms with E-state index in [9.17, 15) is 4.79 Å². The van der Waals surface area contributed by atoms with Gasteiger partial charge in [0.25, 0.3) is 0 Å². The van der Waals surface area contributed by atoms with E-state index in [1.807, 2.05) is 6.07 Å². The monoisotopic (exact) mass is 407 g/mol. The molecule has 0 radical (unpaired) electrons. The standard InChI is InChI=1S/C14H19Br2NOS/c1-2-17(10-6-4-3-5-7-10)9-12(18)11-8-13(15)19-14(11)16/h8,10H,2-7,9H2,1H3. The summed E-state index contributed by atoms with van der Waals surface area (Å²) in [6.45, 7) is 3.66. The second-order valence-corrected chi connectivity index (χ2v) is 8.77. The van der Waals surface area contributed by atoms with Crippen LogP contribution in [0.5, 0.6) is 0 Å². The molecule has 0 unspecified atom stereocenters. The van der Waals surface area contributed by atoms with Crippen molar-refractivity contribution in [1.29, 1.82) is 0 Å². The second kappa shape index (κ2) is 7.34. The topological polar surface area (TPSA) is 20.3 Å². The summed E-state index contributed by atoms with van der Waals surface area (Å²) in [7, 11) is 0. The quantitative estimate of drug-likeness (QED) is 0.630. The molecule has 0 atom stereocenters. The number of carbonyl (C=O) groups is 1. The molecule has 1 aromatic heterocycles.